The summed E-state index contributed by atoms with van der Waals surface area (Å²) in [6.07, 6.45) is 1.49. The Morgan fingerprint density at radius 1 is 1.20 bits per heavy atom. The molecule has 0 spiro atoms. The van der Waals surface area contributed by atoms with Gasteiger partial charge in [-0.25, -0.2) is 9.78 Å². The van der Waals surface area contributed by atoms with Crippen LogP contribution in [-0.2, 0) is 0 Å². The molecule has 2 rings (SSSR count). The number of urea groups is 1. The summed E-state index contributed by atoms with van der Waals surface area (Å²) >= 11 is 5.85. The van der Waals surface area contributed by atoms with Gasteiger partial charge in [-0.2, -0.15) is 0 Å². The summed E-state index contributed by atoms with van der Waals surface area (Å²) in [4.78, 5) is 25.6. The Hall–Kier alpha value is -2.67. The van der Waals surface area contributed by atoms with Gasteiger partial charge >= 0.3 is 6.03 Å². The number of amides is 2. The maximum absolute atomic E-state index is 11.7. The molecule has 0 saturated carbocycles. The highest BCUT2D eigenvalue weighted by atomic mass is 35.5. The van der Waals surface area contributed by atoms with Crippen LogP contribution in [0.4, 0.5) is 22.0 Å². The Morgan fingerprint density at radius 3 is 2.50 bits per heavy atom. The van der Waals surface area contributed by atoms with E-state index in [1.165, 1.54) is 30.5 Å². The number of aromatic nitrogens is 1. The summed E-state index contributed by atoms with van der Waals surface area (Å²) in [5.41, 5.74) is 0.365. The molecule has 0 saturated heterocycles. The zero-order chi connectivity index (χ0) is 14.5. The number of anilines is 2. The molecular weight excluding hydrogens is 284 g/mol. The molecule has 0 bridgehead atoms. The van der Waals surface area contributed by atoms with E-state index in [4.69, 9.17) is 11.6 Å². The van der Waals surface area contributed by atoms with Crippen molar-refractivity contribution in [3.63, 3.8) is 0 Å². The Morgan fingerprint density at radius 2 is 1.90 bits per heavy atom. The average molecular weight is 293 g/mol. The van der Waals surface area contributed by atoms with E-state index >= 15 is 0 Å². The first kappa shape index (κ1) is 13.8. The fraction of sp³-hybridized carbons (Fsp3) is 0. The Bertz CT molecular complexity index is 645. The number of nitrogens with zero attached hydrogens (tertiary/aromatic N) is 2. The quantitative estimate of drug-likeness (QED) is 0.670. The van der Waals surface area contributed by atoms with E-state index in [0.717, 1.165) is 0 Å². The van der Waals surface area contributed by atoms with Crippen molar-refractivity contribution in [2.75, 3.05) is 10.6 Å². The van der Waals surface area contributed by atoms with Crippen LogP contribution in [-0.4, -0.2) is 15.9 Å². The molecule has 1 heterocycles. The topological polar surface area (TPSA) is 97.2 Å². The lowest BCUT2D eigenvalue weighted by molar-refractivity contribution is -0.384. The van der Waals surface area contributed by atoms with E-state index in [-0.39, 0.29) is 11.5 Å². The van der Waals surface area contributed by atoms with Crippen molar-refractivity contribution in [1.29, 1.82) is 0 Å². The van der Waals surface area contributed by atoms with Gasteiger partial charge in [-0.1, -0.05) is 11.6 Å². The van der Waals surface area contributed by atoms with Gasteiger partial charge in [0.2, 0.25) is 0 Å². The molecule has 1 aromatic heterocycles. The van der Waals surface area contributed by atoms with Gasteiger partial charge in [-0.05, 0) is 24.3 Å². The van der Waals surface area contributed by atoms with Gasteiger partial charge < -0.3 is 5.32 Å². The van der Waals surface area contributed by atoms with E-state index in [0.29, 0.717) is 10.7 Å². The first-order valence-corrected chi connectivity index (χ1v) is 5.87. The maximum atomic E-state index is 11.7. The van der Waals surface area contributed by atoms with Crippen LogP contribution in [0.2, 0.25) is 5.02 Å². The molecular formula is C12H9ClN4O3. The van der Waals surface area contributed by atoms with E-state index in [1.54, 1.807) is 12.1 Å². The van der Waals surface area contributed by atoms with Crippen LogP contribution in [0.3, 0.4) is 0 Å². The van der Waals surface area contributed by atoms with Crippen molar-refractivity contribution in [2.24, 2.45) is 0 Å². The van der Waals surface area contributed by atoms with Crippen LogP contribution in [0, 0.1) is 10.1 Å². The van der Waals surface area contributed by atoms with Gasteiger partial charge in [0.05, 0.1) is 9.95 Å². The average Bonchev–Trinajstić information content (AvgIpc) is 2.42. The minimum atomic E-state index is -0.542. The molecule has 2 amide bonds. The van der Waals surface area contributed by atoms with Crippen LogP contribution in [0.25, 0.3) is 0 Å². The molecule has 0 radical (unpaired) electrons. The van der Waals surface area contributed by atoms with Gasteiger partial charge in [0.1, 0.15) is 0 Å². The first-order valence-electron chi connectivity index (χ1n) is 5.49. The Labute approximate surface area is 118 Å². The molecule has 8 heteroatoms. The van der Waals surface area contributed by atoms with Crippen LogP contribution in [0.15, 0.2) is 42.6 Å². The van der Waals surface area contributed by atoms with Crippen molar-refractivity contribution in [2.45, 2.75) is 0 Å². The standard InChI is InChI=1S/C12H9ClN4O3/c13-10-2-1-7-14-11(10)16-12(18)15-8-3-5-9(6-4-8)17(19)20/h1-7H,(H2,14,15,16,18). The van der Waals surface area contributed by atoms with Gasteiger partial charge in [0.15, 0.2) is 5.82 Å². The molecule has 102 valence electrons. The van der Waals surface area contributed by atoms with Crippen LogP contribution < -0.4 is 10.6 Å². The number of hydrogen-bond donors (Lipinski definition) is 2. The molecule has 0 aliphatic rings. The third kappa shape index (κ3) is 3.42. The second kappa shape index (κ2) is 5.98. The number of nitro groups is 1. The molecule has 1 aromatic carbocycles. The smallest absolute Gasteiger partial charge is 0.308 e. The molecule has 7 nitrogen and oxygen atoms in total. The van der Waals surface area contributed by atoms with Crippen LogP contribution >= 0.6 is 11.6 Å². The monoisotopic (exact) mass is 292 g/mol. The summed E-state index contributed by atoms with van der Waals surface area (Å²) in [6, 6.07) is 8.14. The highest BCUT2D eigenvalue weighted by molar-refractivity contribution is 6.33. The fourth-order valence-electron chi connectivity index (χ4n) is 1.41. The SMILES string of the molecule is O=C(Nc1ccc([N+](=O)[O-])cc1)Nc1ncccc1Cl. The van der Waals surface area contributed by atoms with Crippen molar-refractivity contribution < 1.29 is 9.72 Å². The van der Waals surface area contributed by atoms with E-state index < -0.39 is 11.0 Å². The number of hydrogen-bond acceptors (Lipinski definition) is 4. The van der Waals surface area contributed by atoms with Crippen LogP contribution in [0.5, 0.6) is 0 Å². The van der Waals surface area contributed by atoms with Crippen molar-refractivity contribution >= 4 is 34.8 Å². The summed E-state index contributed by atoms with van der Waals surface area (Å²) in [6.45, 7) is 0. The molecule has 0 aliphatic carbocycles. The zero-order valence-corrected chi connectivity index (χ0v) is 10.8. The zero-order valence-electron chi connectivity index (χ0n) is 10.0. The summed E-state index contributed by atoms with van der Waals surface area (Å²) in [7, 11) is 0. The second-order valence-corrected chi connectivity index (χ2v) is 4.12. The molecule has 0 fully saturated rings. The largest absolute Gasteiger partial charge is 0.324 e. The lowest BCUT2D eigenvalue weighted by Crippen LogP contribution is -2.20. The third-order valence-electron chi connectivity index (χ3n) is 2.33. The second-order valence-electron chi connectivity index (χ2n) is 3.72. The molecule has 0 aliphatic heterocycles. The first-order chi connectivity index (χ1) is 9.56. The number of pyridine rings is 1. The number of rotatable bonds is 3. The minimum absolute atomic E-state index is 0.0521. The van der Waals surface area contributed by atoms with E-state index in [1.807, 2.05) is 0 Å². The van der Waals surface area contributed by atoms with Gasteiger partial charge in [0.25, 0.3) is 5.69 Å². The maximum Gasteiger partial charge on any atom is 0.324 e. The highest BCUT2D eigenvalue weighted by Gasteiger charge is 2.08. The van der Waals surface area contributed by atoms with Gasteiger partial charge in [-0.15, -0.1) is 0 Å². The molecule has 0 atom stereocenters. The summed E-state index contributed by atoms with van der Waals surface area (Å²) < 4.78 is 0. The molecule has 0 unspecified atom stereocenters. The number of nitrogens with one attached hydrogen (secondary N) is 2. The fourth-order valence-corrected chi connectivity index (χ4v) is 1.58. The summed E-state index contributed by atoms with van der Waals surface area (Å²) in [5, 5.41) is 15.8. The lowest BCUT2D eigenvalue weighted by atomic mass is 10.3. The number of halogens is 1. The van der Waals surface area contributed by atoms with Crippen molar-refractivity contribution in [3.05, 3.63) is 57.7 Å². The third-order valence-corrected chi connectivity index (χ3v) is 2.63. The number of carbonyl (C=O) groups is 1. The van der Waals surface area contributed by atoms with Crippen molar-refractivity contribution in [1.82, 2.24) is 4.98 Å². The molecule has 2 N–H and O–H groups in total. The minimum Gasteiger partial charge on any atom is -0.308 e. The van der Waals surface area contributed by atoms with Crippen LogP contribution in [0.1, 0.15) is 0 Å². The van der Waals surface area contributed by atoms with E-state index in [2.05, 4.69) is 15.6 Å². The van der Waals surface area contributed by atoms with Gasteiger partial charge in [-0.3, -0.25) is 15.4 Å². The van der Waals surface area contributed by atoms with E-state index in [9.17, 15) is 14.9 Å². The number of benzene rings is 1. The Kier molecular flexibility index (Phi) is 4.11. The number of carbonyl (C=O) groups excluding carboxylic acids is 1. The predicted octanol–water partition coefficient (Wildman–Crippen LogP) is 3.29. The predicted molar refractivity (Wildman–Crippen MR) is 75.0 cm³/mol. The van der Waals surface area contributed by atoms with Gasteiger partial charge in [0, 0.05) is 24.0 Å². The normalized spacial score (nSPS) is 9.85. The highest BCUT2D eigenvalue weighted by Crippen LogP contribution is 2.18. The number of nitro benzene ring substituents is 1. The number of non-ortho nitro benzene ring substituents is 1. The Balaban J connectivity index is 2.01. The molecule has 20 heavy (non-hydrogen) atoms. The van der Waals surface area contributed by atoms with Crippen molar-refractivity contribution in [3.8, 4) is 0 Å². The summed E-state index contributed by atoms with van der Waals surface area (Å²) in [5.74, 6) is 0.230. The lowest BCUT2D eigenvalue weighted by Gasteiger charge is -2.07. The molecule has 2 aromatic rings.